The van der Waals surface area contributed by atoms with Crippen molar-refractivity contribution < 1.29 is 14.6 Å². The maximum absolute atomic E-state index is 12.1. The van der Waals surface area contributed by atoms with E-state index in [-0.39, 0.29) is 18.2 Å². The van der Waals surface area contributed by atoms with Crippen molar-refractivity contribution in [2.75, 3.05) is 5.32 Å². The van der Waals surface area contributed by atoms with Crippen LogP contribution in [0.15, 0.2) is 48.5 Å². The number of ether oxygens (including phenoxy) is 1. The fourth-order valence-corrected chi connectivity index (χ4v) is 2.95. The van der Waals surface area contributed by atoms with Gasteiger partial charge in [-0.25, -0.2) is 4.79 Å². The largest absolute Gasteiger partial charge is 0.456 e. The number of hydrogen-bond acceptors (Lipinski definition) is 4. The number of anilines is 1. The number of aliphatic hydroxyl groups is 1. The molecule has 0 radical (unpaired) electrons. The van der Waals surface area contributed by atoms with Gasteiger partial charge in [-0.15, -0.1) is 0 Å². The van der Waals surface area contributed by atoms with Crippen LogP contribution in [-0.2, 0) is 0 Å². The minimum Gasteiger partial charge on any atom is -0.456 e. The zero-order valence-corrected chi connectivity index (χ0v) is 14.3. The van der Waals surface area contributed by atoms with Gasteiger partial charge in [0.1, 0.15) is 17.6 Å². The average molecular weight is 351 g/mol. The summed E-state index contributed by atoms with van der Waals surface area (Å²) in [6.07, 6.45) is 2.79. The van der Waals surface area contributed by atoms with Crippen LogP contribution in [-0.4, -0.2) is 23.3 Å². The Morgan fingerprint density at radius 3 is 2.46 bits per heavy atom. The van der Waals surface area contributed by atoms with Gasteiger partial charge in [0, 0.05) is 11.7 Å². The number of carbonyl (C=O) groups is 1. The number of urea groups is 1. The van der Waals surface area contributed by atoms with Gasteiger partial charge in [0.15, 0.2) is 0 Å². The van der Waals surface area contributed by atoms with Gasteiger partial charge in [-0.2, -0.15) is 5.26 Å². The van der Waals surface area contributed by atoms with E-state index in [9.17, 15) is 9.90 Å². The predicted molar refractivity (Wildman–Crippen MR) is 98.1 cm³/mol. The zero-order chi connectivity index (χ0) is 18.4. The van der Waals surface area contributed by atoms with E-state index >= 15 is 0 Å². The molecule has 0 saturated heterocycles. The summed E-state index contributed by atoms with van der Waals surface area (Å²) in [5, 5.41) is 24.3. The quantitative estimate of drug-likeness (QED) is 0.781. The van der Waals surface area contributed by atoms with Crippen molar-refractivity contribution in [3.63, 3.8) is 0 Å². The highest BCUT2D eigenvalue weighted by Gasteiger charge is 2.20. The molecule has 1 aliphatic carbocycles. The van der Waals surface area contributed by atoms with Crippen LogP contribution in [0.5, 0.6) is 11.5 Å². The summed E-state index contributed by atoms with van der Waals surface area (Å²) in [5.74, 6) is 1.08. The SMILES string of the molecule is N#Cc1ccccc1Oc1ccc(NC(=O)NC2CCC(O)CC2)cc1. The molecule has 0 unspecified atom stereocenters. The molecule has 1 fully saturated rings. The van der Waals surface area contributed by atoms with Crippen LogP contribution in [0.4, 0.5) is 10.5 Å². The molecule has 0 bridgehead atoms. The number of aliphatic hydroxyl groups excluding tert-OH is 1. The molecule has 0 spiro atoms. The molecular weight excluding hydrogens is 330 g/mol. The molecule has 2 aromatic carbocycles. The van der Waals surface area contributed by atoms with Crippen molar-refractivity contribution in [3.8, 4) is 17.6 Å². The Labute approximate surface area is 152 Å². The summed E-state index contributed by atoms with van der Waals surface area (Å²) < 4.78 is 5.72. The van der Waals surface area contributed by atoms with Crippen LogP contribution < -0.4 is 15.4 Å². The lowest BCUT2D eigenvalue weighted by atomic mass is 9.93. The van der Waals surface area contributed by atoms with Gasteiger partial charge >= 0.3 is 6.03 Å². The van der Waals surface area contributed by atoms with Crippen molar-refractivity contribution in [2.24, 2.45) is 0 Å². The first kappa shape index (κ1) is 17.8. The lowest BCUT2D eigenvalue weighted by molar-refractivity contribution is 0.118. The molecule has 26 heavy (non-hydrogen) atoms. The first-order chi connectivity index (χ1) is 12.6. The molecule has 1 saturated carbocycles. The van der Waals surface area contributed by atoms with Gasteiger partial charge in [-0.1, -0.05) is 12.1 Å². The van der Waals surface area contributed by atoms with Crippen molar-refractivity contribution in [3.05, 3.63) is 54.1 Å². The molecule has 0 heterocycles. The molecule has 1 aliphatic rings. The molecule has 6 heteroatoms. The zero-order valence-electron chi connectivity index (χ0n) is 14.3. The number of amides is 2. The summed E-state index contributed by atoms with van der Waals surface area (Å²) in [7, 11) is 0. The molecule has 0 aliphatic heterocycles. The number of carbonyl (C=O) groups excluding carboxylic acids is 1. The fourth-order valence-electron chi connectivity index (χ4n) is 2.95. The van der Waals surface area contributed by atoms with E-state index in [4.69, 9.17) is 10.00 Å². The number of nitriles is 1. The number of nitrogens with one attached hydrogen (secondary N) is 2. The number of hydrogen-bond donors (Lipinski definition) is 3. The first-order valence-corrected chi connectivity index (χ1v) is 8.66. The van der Waals surface area contributed by atoms with E-state index in [0.29, 0.717) is 22.7 Å². The highest BCUT2D eigenvalue weighted by molar-refractivity contribution is 5.89. The topological polar surface area (TPSA) is 94.4 Å². The second kappa shape index (κ2) is 8.37. The van der Waals surface area contributed by atoms with Gasteiger partial charge < -0.3 is 20.5 Å². The van der Waals surface area contributed by atoms with Gasteiger partial charge in [-0.3, -0.25) is 0 Å². The van der Waals surface area contributed by atoms with E-state index < -0.39 is 0 Å². The van der Waals surface area contributed by atoms with Crippen LogP contribution in [0.3, 0.4) is 0 Å². The Kier molecular flexibility index (Phi) is 5.72. The Morgan fingerprint density at radius 2 is 1.77 bits per heavy atom. The molecule has 0 aromatic heterocycles. The van der Waals surface area contributed by atoms with Gasteiger partial charge in [0.25, 0.3) is 0 Å². The molecule has 3 rings (SSSR count). The van der Waals surface area contributed by atoms with Crippen molar-refractivity contribution >= 4 is 11.7 Å². The van der Waals surface area contributed by atoms with Crippen molar-refractivity contribution in [2.45, 2.75) is 37.8 Å². The molecular formula is C20H21N3O3. The van der Waals surface area contributed by atoms with E-state index in [2.05, 4.69) is 16.7 Å². The van der Waals surface area contributed by atoms with E-state index in [1.54, 1.807) is 48.5 Å². The second-order valence-electron chi connectivity index (χ2n) is 6.34. The third kappa shape index (κ3) is 4.74. The molecule has 134 valence electrons. The Bertz CT molecular complexity index is 791. The Hall–Kier alpha value is -3.04. The first-order valence-electron chi connectivity index (χ1n) is 8.66. The highest BCUT2D eigenvalue weighted by Crippen LogP contribution is 2.26. The molecule has 0 atom stereocenters. The smallest absolute Gasteiger partial charge is 0.319 e. The van der Waals surface area contributed by atoms with Crippen LogP contribution in [0.1, 0.15) is 31.2 Å². The lowest BCUT2D eigenvalue weighted by Gasteiger charge is -2.26. The van der Waals surface area contributed by atoms with Crippen molar-refractivity contribution in [1.82, 2.24) is 5.32 Å². The van der Waals surface area contributed by atoms with Crippen LogP contribution in [0.2, 0.25) is 0 Å². The minimum absolute atomic E-state index is 0.100. The fraction of sp³-hybridized carbons (Fsp3) is 0.300. The molecule has 2 aromatic rings. The van der Waals surface area contributed by atoms with Crippen molar-refractivity contribution in [1.29, 1.82) is 5.26 Å². The monoisotopic (exact) mass is 351 g/mol. The van der Waals surface area contributed by atoms with Crippen LogP contribution >= 0.6 is 0 Å². The molecule has 6 nitrogen and oxygen atoms in total. The van der Waals surface area contributed by atoms with Gasteiger partial charge in [0.2, 0.25) is 0 Å². The maximum atomic E-state index is 12.1. The third-order valence-corrected chi connectivity index (χ3v) is 4.38. The standard InChI is InChI=1S/C20H21N3O3/c21-13-14-3-1-2-4-19(14)26-18-11-7-16(8-12-18)23-20(25)22-15-5-9-17(24)10-6-15/h1-4,7-8,11-12,15,17,24H,5-6,9-10H2,(H2,22,23,25). The second-order valence-corrected chi connectivity index (χ2v) is 6.34. The number of para-hydroxylation sites is 1. The van der Waals surface area contributed by atoms with Gasteiger partial charge in [0.05, 0.1) is 11.7 Å². The maximum Gasteiger partial charge on any atom is 0.319 e. The summed E-state index contributed by atoms with van der Waals surface area (Å²) in [6, 6.07) is 15.9. The summed E-state index contributed by atoms with van der Waals surface area (Å²) in [4.78, 5) is 12.1. The lowest BCUT2D eigenvalue weighted by Crippen LogP contribution is -2.40. The highest BCUT2D eigenvalue weighted by atomic mass is 16.5. The number of nitrogens with zero attached hydrogens (tertiary/aromatic N) is 1. The van der Waals surface area contributed by atoms with Gasteiger partial charge in [-0.05, 0) is 62.1 Å². The van der Waals surface area contributed by atoms with E-state index in [1.807, 2.05) is 0 Å². The summed E-state index contributed by atoms with van der Waals surface area (Å²) >= 11 is 0. The number of benzene rings is 2. The summed E-state index contributed by atoms with van der Waals surface area (Å²) in [6.45, 7) is 0. The molecule has 2 amide bonds. The summed E-state index contributed by atoms with van der Waals surface area (Å²) in [5.41, 5.74) is 1.12. The third-order valence-electron chi connectivity index (χ3n) is 4.38. The average Bonchev–Trinajstić information content (AvgIpc) is 2.65. The van der Waals surface area contributed by atoms with Crippen LogP contribution in [0, 0.1) is 11.3 Å². The minimum atomic E-state index is -0.255. The predicted octanol–water partition coefficient (Wildman–Crippen LogP) is 3.78. The van der Waals surface area contributed by atoms with E-state index in [0.717, 1.165) is 25.7 Å². The normalized spacial score (nSPS) is 19.2. The Balaban J connectivity index is 1.54. The number of rotatable bonds is 4. The van der Waals surface area contributed by atoms with Crippen LogP contribution in [0.25, 0.3) is 0 Å². The molecule has 3 N–H and O–H groups in total. The Morgan fingerprint density at radius 1 is 1.08 bits per heavy atom. The van der Waals surface area contributed by atoms with E-state index in [1.165, 1.54) is 0 Å².